The largest absolute Gasteiger partial charge is 0.454 e. The van der Waals surface area contributed by atoms with Gasteiger partial charge in [-0.25, -0.2) is 0 Å². The summed E-state index contributed by atoms with van der Waals surface area (Å²) in [6.45, 7) is 5.93. The van der Waals surface area contributed by atoms with Crippen molar-refractivity contribution in [2.75, 3.05) is 24.8 Å². The predicted molar refractivity (Wildman–Crippen MR) is 116 cm³/mol. The molecule has 0 radical (unpaired) electrons. The summed E-state index contributed by atoms with van der Waals surface area (Å²) >= 11 is 0. The number of hydrogen-bond donors (Lipinski definition) is 1. The average Bonchev–Trinajstić information content (AvgIpc) is 3.26. The quantitative estimate of drug-likeness (QED) is 0.842. The van der Waals surface area contributed by atoms with Crippen LogP contribution >= 0.6 is 0 Å². The van der Waals surface area contributed by atoms with Gasteiger partial charge in [-0.2, -0.15) is 0 Å². The lowest BCUT2D eigenvalue weighted by Crippen LogP contribution is -2.30. The smallest absolute Gasteiger partial charge is 0.277 e. The number of nitrogens with zero attached hydrogens (tertiary/aromatic N) is 2. The molecule has 6 nitrogen and oxygen atoms in total. The van der Waals surface area contributed by atoms with E-state index in [1.807, 2.05) is 53.4 Å². The SMILES string of the molecule is CC(C)CC1=C2C(=NCCN1)C(=O)N(c1ccccc1)C2c1ccc2c(c1)OCO2. The topological polar surface area (TPSA) is 63.2 Å². The fourth-order valence-electron chi connectivity index (χ4n) is 4.38. The molecule has 30 heavy (non-hydrogen) atoms. The molecule has 0 spiro atoms. The van der Waals surface area contributed by atoms with E-state index in [0.717, 1.165) is 41.2 Å². The lowest BCUT2D eigenvalue weighted by atomic mass is 9.93. The van der Waals surface area contributed by atoms with Gasteiger partial charge in [0, 0.05) is 23.5 Å². The fourth-order valence-corrected chi connectivity index (χ4v) is 4.38. The number of amides is 1. The van der Waals surface area contributed by atoms with Gasteiger partial charge >= 0.3 is 0 Å². The van der Waals surface area contributed by atoms with Crippen LogP contribution in [0, 0.1) is 5.92 Å². The fraction of sp³-hybridized carbons (Fsp3) is 0.333. The molecule has 0 bridgehead atoms. The van der Waals surface area contributed by atoms with Gasteiger partial charge in [0.05, 0.1) is 12.6 Å². The molecule has 0 saturated carbocycles. The number of fused-ring (bicyclic) bond motifs is 2. The second-order valence-electron chi connectivity index (χ2n) is 8.17. The Morgan fingerprint density at radius 2 is 1.93 bits per heavy atom. The van der Waals surface area contributed by atoms with E-state index in [9.17, 15) is 4.79 Å². The van der Waals surface area contributed by atoms with Crippen molar-refractivity contribution in [1.82, 2.24) is 5.32 Å². The number of hydrogen-bond acceptors (Lipinski definition) is 5. The molecule has 3 aliphatic rings. The van der Waals surface area contributed by atoms with E-state index in [1.54, 1.807) is 0 Å². The van der Waals surface area contributed by atoms with Crippen LogP contribution in [0.2, 0.25) is 0 Å². The van der Waals surface area contributed by atoms with Gasteiger partial charge in [0.15, 0.2) is 11.5 Å². The molecule has 2 aromatic rings. The molecule has 3 aliphatic heterocycles. The number of nitrogens with one attached hydrogen (secondary N) is 1. The first kappa shape index (κ1) is 18.7. The molecule has 1 fully saturated rings. The maximum Gasteiger partial charge on any atom is 0.277 e. The third kappa shape index (κ3) is 3.12. The number of aliphatic imine (C=N–C) groups is 1. The Morgan fingerprint density at radius 1 is 1.13 bits per heavy atom. The van der Waals surface area contributed by atoms with Crippen LogP contribution in [0.1, 0.15) is 31.9 Å². The molecule has 1 unspecified atom stereocenters. The summed E-state index contributed by atoms with van der Waals surface area (Å²) in [6, 6.07) is 15.5. The number of ether oxygens (including phenoxy) is 2. The molecule has 1 amide bonds. The molecule has 1 saturated heterocycles. The van der Waals surface area contributed by atoms with Crippen molar-refractivity contribution in [1.29, 1.82) is 0 Å². The Bertz CT molecular complexity index is 1040. The molecule has 1 atom stereocenters. The monoisotopic (exact) mass is 403 g/mol. The van der Waals surface area contributed by atoms with E-state index in [0.29, 0.717) is 23.9 Å². The highest BCUT2D eigenvalue weighted by atomic mass is 16.7. The molecule has 3 heterocycles. The molecule has 2 aromatic carbocycles. The lowest BCUT2D eigenvalue weighted by molar-refractivity contribution is -0.112. The van der Waals surface area contributed by atoms with Crippen LogP contribution in [0.5, 0.6) is 11.5 Å². The average molecular weight is 403 g/mol. The summed E-state index contributed by atoms with van der Waals surface area (Å²) in [5, 5.41) is 3.56. The van der Waals surface area contributed by atoms with Gasteiger partial charge in [0.1, 0.15) is 5.71 Å². The number of rotatable bonds is 4. The van der Waals surface area contributed by atoms with E-state index in [1.165, 1.54) is 0 Å². The summed E-state index contributed by atoms with van der Waals surface area (Å²) in [4.78, 5) is 20.2. The van der Waals surface area contributed by atoms with E-state index in [4.69, 9.17) is 14.5 Å². The molecule has 1 N–H and O–H groups in total. The molecule has 0 aliphatic carbocycles. The standard InChI is InChI=1S/C24H25N3O3/c1-15(2)12-18-21-22(26-11-10-25-18)24(28)27(17-6-4-3-5-7-17)23(21)16-8-9-19-20(13-16)30-14-29-19/h3-9,13,15,23,25H,10-12,14H2,1-2H3. The predicted octanol–water partition coefficient (Wildman–Crippen LogP) is 3.85. The van der Waals surface area contributed by atoms with Gasteiger partial charge in [-0.1, -0.05) is 38.1 Å². The number of benzene rings is 2. The van der Waals surface area contributed by atoms with E-state index >= 15 is 0 Å². The number of anilines is 1. The molecule has 154 valence electrons. The summed E-state index contributed by atoms with van der Waals surface area (Å²) in [7, 11) is 0. The van der Waals surface area contributed by atoms with Crippen LogP contribution < -0.4 is 19.7 Å². The van der Waals surface area contributed by atoms with E-state index in [2.05, 4.69) is 19.2 Å². The van der Waals surface area contributed by atoms with Crippen LogP contribution in [-0.2, 0) is 4.79 Å². The molecular formula is C24H25N3O3. The number of allylic oxidation sites excluding steroid dienone is 1. The highest BCUT2D eigenvalue weighted by Crippen LogP contribution is 2.44. The van der Waals surface area contributed by atoms with Crippen molar-refractivity contribution in [3.05, 3.63) is 65.4 Å². The minimum Gasteiger partial charge on any atom is -0.454 e. The first-order valence-electron chi connectivity index (χ1n) is 10.4. The summed E-state index contributed by atoms with van der Waals surface area (Å²) in [5.74, 6) is 1.85. The van der Waals surface area contributed by atoms with Gasteiger partial charge in [0.2, 0.25) is 6.79 Å². The molecule has 5 rings (SSSR count). The van der Waals surface area contributed by atoms with Gasteiger partial charge in [-0.3, -0.25) is 14.7 Å². The lowest BCUT2D eigenvalue weighted by Gasteiger charge is -2.27. The van der Waals surface area contributed by atoms with Crippen molar-refractivity contribution < 1.29 is 14.3 Å². The van der Waals surface area contributed by atoms with Crippen molar-refractivity contribution in [3.8, 4) is 11.5 Å². The summed E-state index contributed by atoms with van der Waals surface area (Å²) in [5.41, 5.74) is 4.51. The Balaban J connectivity index is 1.72. The maximum atomic E-state index is 13.6. The van der Waals surface area contributed by atoms with Gasteiger partial charge < -0.3 is 14.8 Å². The molecular weight excluding hydrogens is 378 g/mol. The minimum atomic E-state index is -0.271. The van der Waals surface area contributed by atoms with Crippen LogP contribution in [0.3, 0.4) is 0 Å². The highest BCUT2D eigenvalue weighted by molar-refractivity contribution is 6.53. The van der Waals surface area contributed by atoms with Crippen molar-refractivity contribution >= 4 is 17.3 Å². The normalized spacial score (nSPS) is 20.2. The number of carbonyl (C=O) groups is 1. The number of para-hydroxylation sites is 1. The van der Waals surface area contributed by atoms with Crippen LogP contribution in [-0.4, -0.2) is 31.5 Å². The van der Waals surface area contributed by atoms with Crippen molar-refractivity contribution in [3.63, 3.8) is 0 Å². The Morgan fingerprint density at radius 3 is 2.73 bits per heavy atom. The molecule has 6 heteroatoms. The van der Waals surface area contributed by atoms with Crippen molar-refractivity contribution in [2.45, 2.75) is 26.3 Å². The minimum absolute atomic E-state index is 0.0520. The van der Waals surface area contributed by atoms with Crippen molar-refractivity contribution in [2.24, 2.45) is 10.9 Å². The van der Waals surface area contributed by atoms with Crippen LogP contribution in [0.15, 0.2) is 64.8 Å². The summed E-state index contributed by atoms with van der Waals surface area (Å²) in [6.07, 6.45) is 0.866. The zero-order valence-corrected chi connectivity index (χ0v) is 17.2. The first-order chi connectivity index (χ1) is 14.6. The Kier molecular flexibility index (Phi) is 4.69. The van der Waals surface area contributed by atoms with Gasteiger partial charge in [0.25, 0.3) is 5.91 Å². The number of carbonyl (C=O) groups excluding carboxylic acids is 1. The zero-order chi connectivity index (χ0) is 20.7. The second kappa shape index (κ2) is 7.52. The Hall–Kier alpha value is -3.28. The first-order valence-corrected chi connectivity index (χ1v) is 10.4. The van der Waals surface area contributed by atoms with Gasteiger partial charge in [-0.15, -0.1) is 0 Å². The third-order valence-corrected chi connectivity index (χ3v) is 5.61. The Labute approximate surface area is 176 Å². The van der Waals surface area contributed by atoms with Crippen LogP contribution in [0.25, 0.3) is 0 Å². The molecule has 0 aromatic heterocycles. The van der Waals surface area contributed by atoms with E-state index < -0.39 is 0 Å². The second-order valence-corrected chi connectivity index (χ2v) is 8.17. The van der Waals surface area contributed by atoms with E-state index in [-0.39, 0.29) is 18.7 Å². The summed E-state index contributed by atoms with van der Waals surface area (Å²) < 4.78 is 11.1. The third-order valence-electron chi connectivity index (χ3n) is 5.61. The highest BCUT2D eigenvalue weighted by Gasteiger charge is 2.45. The van der Waals surface area contributed by atoms with Crippen LogP contribution in [0.4, 0.5) is 5.69 Å². The van der Waals surface area contributed by atoms with Gasteiger partial charge in [-0.05, 0) is 42.2 Å². The zero-order valence-electron chi connectivity index (χ0n) is 17.2. The maximum absolute atomic E-state index is 13.6.